The lowest BCUT2D eigenvalue weighted by Crippen LogP contribution is -2.29. The zero-order chi connectivity index (χ0) is 21.1. The third-order valence-electron chi connectivity index (χ3n) is 5.03. The number of rotatable bonds is 6. The van der Waals surface area contributed by atoms with Gasteiger partial charge in [0.2, 0.25) is 0 Å². The van der Waals surface area contributed by atoms with Gasteiger partial charge in [-0.1, -0.05) is 61.5 Å². The maximum absolute atomic E-state index is 13.6. The zero-order valence-electron chi connectivity index (χ0n) is 16.8. The largest absolute Gasteiger partial charge is 0.345 e. The third kappa shape index (κ3) is 3.93. The van der Waals surface area contributed by atoms with Crippen molar-refractivity contribution in [2.45, 2.75) is 24.3 Å². The Morgan fingerprint density at radius 2 is 1.80 bits per heavy atom. The molecule has 0 spiro atoms. The van der Waals surface area contributed by atoms with Gasteiger partial charge in [-0.15, -0.1) is 11.3 Å². The fourth-order valence-electron chi connectivity index (χ4n) is 3.62. The molecular formula is C24H22N2O2S2. The van der Waals surface area contributed by atoms with E-state index in [1.165, 1.54) is 11.3 Å². The number of nitrogens with one attached hydrogen (secondary N) is 1. The summed E-state index contributed by atoms with van der Waals surface area (Å²) < 4.78 is 12.9. The summed E-state index contributed by atoms with van der Waals surface area (Å²) in [7, 11) is -1.39. The number of carbonyl (C=O) groups is 1. The summed E-state index contributed by atoms with van der Waals surface area (Å²) in [5.74, 6) is -0.229. The summed E-state index contributed by atoms with van der Waals surface area (Å²) in [5.41, 5.74) is 2.82. The van der Waals surface area contributed by atoms with E-state index in [-0.39, 0.29) is 11.9 Å². The Kier molecular flexibility index (Phi) is 6.06. The van der Waals surface area contributed by atoms with Crippen molar-refractivity contribution in [1.82, 2.24) is 10.3 Å². The summed E-state index contributed by atoms with van der Waals surface area (Å²) in [6, 6.07) is 21.2. The van der Waals surface area contributed by atoms with Crippen LogP contribution in [0.1, 0.15) is 35.3 Å². The lowest BCUT2D eigenvalue weighted by molar-refractivity contribution is 0.0934. The minimum absolute atomic E-state index is 0.131. The second-order valence-corrected chi connectivity index (χ2v) is 9.22. The van der Waals surface area contributed by atoms with E-state index >= 15 is 0 Å². The molecular weight excluding hydrogens is 412 g/mol. The van der Waals surface area contributed by atoms with Crippen LogP contribution in [0.3, 0.4) is 0 Å². The van der Waals surface area contributed by atoms with Gasteiger partial charge in [-0.25, -0.2) is 4.98 Å². The number of carbonyl (C=O) groups excluding carboxylic acids is 1. The molecule has 2 atom stereocenters. The van der Waals surface area contributed by atoms with Crippen LogP contribution in [0.4, 0.5) is 0 Å². The van der Waals surface area contributed by atoms with Gasteiger partial charge in [-0.2, -0.15) is 0 Å². The van der Waals surface area contributed by atoms with Gasteiger partial charge in [0.05, 0.1) is 43.4 Å². The number of thiophene rings is 1. The van der Waals surface area contributed by atoms with Crippen LogP contribution in [-0.4, -0.2) is 21.4 Å². The highest BCUT2D eigenvalue weighted by atomic mass is 32.2. The summed E-state index contributed by atoms with van der Waals surface area (Å²) in [5, 5.41) is 5.83. The first-order valence-electron chi connectivity index (χ1n) is 9.76. The third-order valence-corrected chi connectivity index (χ3v) is 6.88. The number of hydrogen-bond donors (Lipinski definition) is 1. The van der Waals surface area contributed by atoms with Gasteiger partial charge >= 0.3 is 0 Å². The molecule has 6 heteroatoms. The zero-order valence-corrected chi connectivity index (χ0v) is 18.4. The topological polar surface area (TPSA) is 59.1 Å². The summed E-state index contributed by atoms with van der Waals surface area (Å²) in [4.78, 5) is 19.7. The van der Waals surface area contributed by atoms with Crippen molar-refractivity contribution in [1.29, 1.82) is 0 Å². The van der Waals surface area contributed by atoms with Crippen molar-refractivity contribution in [3.63, 3.8) is 0 Å². The van der Waals surface area contributed by atoms with Crippen LogP contribution in [0.25, 0.3) is 21.5 Å². The summed E-state index contributed by atoms with van der Waals surface area (Å²) in [6.07, 6.45) is 2.36. The first-order valence-corrected chi connectivity index (χ1v) is 12.2. The second kappa shape index (κ2) is 8.90. The number of nitrogens with zero attached hydrogens (tertiary/aromatic N) is 1. The molecule has 0 fully saturated rings. The molecule has 4 rings (SSSR count). The van der Waals surface area contributed by atoms with E-state index in [0.717, 1.165) is 16.9 Å². The molecule has 152 valence electrons. The van der Waals surface area contributed by atoms with Crippen molar-refractivity contribution in [3.8, 4) is 10.6 Å². The average molecular weight is 435 g/mol. The molecule has 0 aliphatic carbocycles. The highest BCUT2D eigenvalue weighted by Gasteiger charge is 2.25. The maximum atomic E-state index is 13.6. The monoisotopic (exact) mass is 434 g/mol. The van der Waals surface area contributed by atoms with Crippen LogP contribution < -0.4 is 5.32 Å². The quantitative estimate of drug-likeness (QED) is 0.431. The Morgan fingerprint density at radius 1 is 1.07 bits per heavy atom. The predicted molar refractivity (Wildman–Crippen MR) is 124 cm³/mol. The molecule has 0 saturated carbocycles. The van der Waals surface area contributed by atoms with E-state index in [4.69, 9.17) is 4.98 Å². The molecule has 0 radical (unpaired) electrons. The molecule has 0 saturated heterocycles. The van der Waals surface area contributed by atoms with Crippen molar-refractivity contribution >= 4 is 38.9 Å². The SMILES string of the molecule is CC[C@H](NC(=O)c1c(S(C)=O)c(-c2cccs2)nc2ccccc12)c1ccccc1. The van der Waals surface area contributed by atoms with Crippen LogP contribution >= 0.6 is 11.3 Å². The number of para-hydroxylation sites is 1. The lowest BCUT2D eigenvalue weighted by Gasteiger charge is -2.20. The van der Waals surface area contributed by atoms with Gasteiger partial charge < -0.3 is 5.32 Å². The fourth-order valence-corrected chi connectivity index (χ4v) is 5.32. The Hall–Kier alpha value is -2.83. The minimum Gasteiger partial charge on any atom is -0.345 e. The molecule has 2 aromatic carbocycles. The molecule has 30 heavy (non-hydrogen) atoms. The molecule has 0 bridgehead atoms. The van der Waals surface area contributed by atoms with Crippen LogP contribution in [0.15, 0.2) is 77.0 Å². The van der Waals surface area contributed by atoms with Crippen LogP contribution in [-0.2, 0) is 10.8 Å². The molecule has 4 aromatic rings. The second-order valence-electron chi connectivity index (χ2n) is 6.96. The summed E-state index contributed by atoms with van der Waals surface area (Å²) in [6.45, 7) is 2.04. The van der Waals surface area contributed by atoms with E-state index in [1.807, 2.05) is 79.0 Å². The number of amides is 1. The first kappa shape index (κ1) is 20.4. The smallest absolute Gasteiger partial charge is 0.253 e. The van der Waals surface area contributed by atoms with Crippen LogP contribution in [0.2, 0.25) is 0 Å². The molecule has 0 aliphatic rings. The van der Waals surface area contributed by atoms with E-state index < -0.39 is 10.8 Å². The lowest BCUT2D eigenvalue weighted by atomic mass is 10.0. The number of pyridine rings is 1. The van der Waals surface area contributed by atoms with Gasteiger partial charge in [0.1, 0.15) is 0 Å². The van der Waals surface area contributed by atoms with Crippen molar-refractivity contribution < 1.29 is 9.00 Å². The van der Waals surface area contributed by atoms with Gasteiger partial charge in [0.25, 0.3) is 5.91 Å². The van der Waals surface area contributed by atoms with E-state index in [0.29, 0.717) is 27.1 Å². The van der Waals surface area contributed by atoms with E-state index in [2.05, 4.69) is 5.32 Å². The minimum atomic E-state index is -1.39. The number of aromatic nitrogens is 1. The standard InChI is InChI=1S/C24H22N2O2S2/c1-3-18(16-10-5-4-6-11-16)26-24(27)21-17-12-7-8-13-19(17)25-22(23(21)30(2)28)20-14-9-15-29-20/h4-15,18H,3H2,1-2H3,(H,26,27)/t18-,30?/m0/s1. The Bertz CT molecular complexity index is 1200. The molecule has 2 heterocycles. The first-order chi connectivity index (χ1) is 14.6. The molecule has 2 aromatic heterocycles. The Balaban J connectivity index is 1.89. The van der Waals surface area contributed by atoms with Crippen molar-refractivity contribution in [2.75, 3.05) is 6.26 Å². The highest BCUT2D eigenvalue weighted by Crippen LogP contribution is 2.35. The van der Waals surface area contributed by atoms with Gasteiger partial charge in [0, 0.05) is 11.6 Å². The fraction of sp³-hybridized carbons (Fsp3) is 0.167. The van der Waals surface area contributed by atoms with Crippen molar-refractivity contribution in [3.05, 3.63) is 83.2 Å². The van der Waals surface area contributed by atoms with E-state index in [1.54, 1.807) is 6.26 Å². The predicted octanol–water partition coefficient (Wildman–Crippen LogP) is 5.58. The number of hydrogen-bond acceptors (Lipinski definition) is 4. The van der Waals surface area contributed by atoms with Crippen LogP contribution in [0, 0.1) is 0 Å². The van der Waals surface area contributed by atoms with Crippen LogP contribution in [0.5, 0.6) is 0 Å². The van der Waals surface area contributed by atoms with E-state index in [9.17, 15) is 9.00 Å². The number of fused-ring (bicyclic) bond motifs is 1. The Morgan fingerprint density at radius 3 is 2.47 bits per heavy atom. The molecule has 1 unspecified atom stereocenters. The van der Waals surface area contributed by atoms with Gasteiger partial charge in [0.15, 0.2) is 0 Å². The highest BCUT2D eigenvalue weighted by molar-refractivity contribution is 7.84. The molecule has 1 amide bonds. The normalized spacial score (nSPS) is 13.1. The number of benzene rings is 2. The van der Waals surface area contributed by atoms with Crippen molar-refractivity contribution in [2.24, 2.45) is 0 Å². The van der Waals surface area contributed by atoms with Gasteiger partial charge in [-0.3, -0.25) is 9.00 Å². The maximum Gasteiger partial charge on any atom is 0.253 e. The molecule has 1 N–H and O–H groups in total. The molecule has 0 aliphatic heterocycles. The Labute approximate surface area is 182 Å². The molecule has 4 nitrogen and oxygen atoms in total. The summed E-state index contributed by atoms with van der Waals surface area (Å²) >= 11 is 1.52. The average Bonchev–Trinajstić information content (AvgIpc) is 3.31. The van der Waals surface area contributed by atoms with Gasteiger partial charge in [-0.05, 0) is 29.5 Å².